The maximum atomic E-state index is 11.6. The molecular formula is C23H44N4O7Si2. The van der Waals surface area contributed by atoms with Crippen LogP contribution in [-0.2, 0) is 27.2 Å². The second-order valence-corrected chi connectivity index (χ2v) is 19.7. The van der Waals surface area contributed by atoms with Gasteiger partial charge in [-0.05, 0) is 22.2 Å². The highest BCUT2D eigenvalue weighted by Crippen LogP contribution is 2.48. The maximum Gasteiger partial charge on any atom is 0.335 e. The van der Waals surface area contributed by atoms with Crippen molar-refractivity contribution in [3.8, 4) is 0 Å². The van der Waals surface area contributed by atoms with Crippen LogP contribution in [0.5, 0.6) is 0 Å². The highest BCUT2D eigenvalue weighted by atomic mass is 28.5. The number of carbonyl (C=O) groups excluding carboxylic acids is 1. The summed E-state index contributed by atoms with van der Waals surface area (Å²) in [4.78, 5) is 15.7. The molecule has 4 atom stereocenters. The number of nitrogens with zero attached hydrogens (tertiary/aromatic N) is 3. The number of primary amides is 1. The van der Waals surface area contributed by atoms with E-state index in [1.807, 2.05) is 0 Å². The Balaban J connectivity index is 2.08. The van der Waals surface area contributed by atoms with E-state index in [2.05, 4.69) is 65.5 Å². The predicted octanol–water partition coefficient (Wildman–Crippen LogP) is 3.26. The molecule has 206 valence electrons. The lowest BCUT2D eigenvalue weighted by Gasteiger charge is -2.51. The minimum absolute atomic E-state index is 0.0850. The second-order valence-electron chi connectivity index (χ2n) is 10.9. The molecule has 1 aromatic heterocycles. The number of hydrogen-bond donors (Lipinski definition) is 1. The van der Waals surface area contributed by atoms with Gasteiger partial charge in [-0.25, -0.2) is 9.67 Å². The molecule has 1 unspecified atom stereocenters. The maximum absolute atomic E-state index is 11.6. The number of ether oxygens (including phenoxy) is 3. The van der Waals surface area contributed by atoms with E-state index in [4.69, 9.17) is 32.9 Å². The van der Waals surface area contributed by atoms with Crippen LogP contribution >= 0.6 is 0 Å². The summed E-state index contributed by atoms with van der Waals surface area (Å²) >= 11 is 0. The zero-order valence-electron chi connectivity index (χ0n) is 23.1. The number of rotatable bonds is 10. The van der Waals surface area contributed by atoms with Gasteiger partial charge in [0.2, 0.25) is 5.82 Å². The third kappa shape index (κ3) is 5.48. The average Bonchev–Trinajstić information content (AvgIpc) is 3.39. The zero-order valence-corrected chi connectivity index (χ0v) is 25.1. The number of aromatic nitrogens is 3. The van der Waals surface area contributed by atoms with E-state index in [1.54, 1.807) is 7.11 Å². The fourth-order valence-electron chi connectivity index (χ4n) is 5.29. The number of amides is 1. The lowest BCUT2D eigenvalue weighted by Crippen LogP contribution is -2.66. The van der Waals surface area contributed by atoms with Gasteiger partial charge in [0.15, 0.2) is 6.23 Å². The van der Waals surface area contributed by atoms with Gasteiger partial charge in [-0.15, -0.1) is 5.10 Å². The summed E-state index contributed by atoms with van der Waals surface area (Å²) in [7, 11) is -3.96. The normalized spacial score (nSPS) is 28.0. The minimum Gasteiger partial charge on any atom is -0.414 e. The van der Waals surface area contributed by atoms with Crippen molar-refractivity contribution in [1.82, 2.24) is 14.8 Å². The van der Waals surface area contributed by atoms with Crippen molar-refractivity contribution >= 4 is 23.0 Å². The molecule has 2 aliphatic rings. The summed E-state index contributed by atoms with van der Waals surface area (Å²) in [6, 6.07) is 0. The van der Waals surface area contributed by atoms with Gasteiger partial charge in [0.25, 0.3) is 5.91 Å². The van der Waals surface area contributed by atoms with Gasteiger partial charge in [-0.3, -0.25) is 4.79 Å². The molecule has 1 amide bonds. The van der Waals surface area contributed by atoms with E-state index < -0.39 is 47.6 Å². The second kappa shape index (κ2) is 11.7. The molecule has 2 N–H and O–H groups in total. The summed E-state index contributed by atoms with van der Waals surface area (Å²) in [5.41, 5.74) is 6.16. The Kier molecular flexibility index (Phi) is 9.53. The van der Waals surface area contributed by atoms with Crippen LogP contribution in [0.2, 0.25) is 22.2 Å². The van der Waals surface area contributed by atoms with Crippen molar-refractivity contribution in [1.29, 1.82) is 0 Å². The predicted molar refractivity (Wildman–Crippen MR) is 138 cm³/mol. The van der Waals surface area contributed by atoms with E-state index in [-0.39, 0.29) is 28.0 Å². The van der Waals surface area contributed by atoms with Gasteiger partial charge in [-0.2, -0.15) is 0 Å². The van der Waals surface area contributed by atoms with Crippen LogP contribution < -0.4 is 5.73 Å². The Morgan fingerprint density at radius 3 is 2.19 bits per heavy atom. The fraction of sp³-hybridized carbons (Fsp3) is 0.870. The SMILES string of the molecule is COCCO[C@H]1C2O[Si](C(C)C)(C(C)C)O[Si](C(C)C)(C(C)C)OC[C@H]2O[C@H]1n1cnc(C(N)=O)n1. The first kappa shape index (κ1) is 29.4. The van der Waals surface area contributed by atoms with Crippen LogP contribution in [0, 0.1) is 0 Å². The van der Waals surface area contributed by atoms with Gasteiger partial charge in [-0.1, -0.05) is 55.4 Å². The van der Waals surface area contributed by atoms with Crippen LogP contribution in [0.25, 0.3) is 0 Å². The molecule has 2 aliphatic heterocycles. The Morgan fingerprint density at radius 2 is 1.69 bits per heavy atom. The van der Waals surface area contributed by atoms with Gasteiger partial charge < -0.3 is 32.9 Å². The topological polar surface area (TPSA) is 129 Å². The first-order valence-corrected chi connectivity index (χ1v) is 16.8. The Bertz CT molecular complexity index is 866. The summed E-state index contributed by atoms with van der Waals surface area (Å²) in [5.74, 6) is -0.795. The average molecular weight is 545 g/mol. The van der Waals surface area contributed by atoms with Crippen LogP contribution in [0.1, 0.15) is 72.2 Å². The molecule has 0 aliphatic carbocycles. The molecule has 1 aromatic rings. The van der Waals surface area contributed by atoms with Crippen LogP contribution in [0.15, 0.2) is 6.33 Å². The Morgan fingerprint density at radius 1 is 1.08 bits per heavy atom. The van der Waals surface area contributed by atoms with E-state index in [9.17, 15) is 4.79 Å². The lowest BCUT2D eigenvalue weighted by atomic mass is 10.1. The van der Waals surface area contributed by atoms with E-state index in [1.165, 1.54) is 11.0 Å². The molecule has 11 nitrogen and oxygen atoms in total. The minimum atomic E-state index is -2.87. The lowest BCUT2D eigenvalue weighted by molar-refractivity contribution is -0.0839. The van der Waals surface area contributed by atoms with Gasteiger partial charge >= 0.3 is 17.1 Å². The molecule has 0 spiro atoms. The molecule has 0 aromatic carbocycles. The molecule has 2 fully saturated rings. The number of hydrogen-bond acceptors (Lipinski definition) is 9. The fourth-order valence-corrected chi connectivity index (χ4v) is 16.5. The molecule has 0 bridgehead atoms. The summed E-state index contributed by atoms with van der Waals surface area (Å²) in [6.07, 6.45) is -0.668. The Hall–Kier alpha value is -1.20. The van der Waals surface area contributed by atoms with Crippen molar-refractivity contribution in [2.24, 2.45) is 5.73 Å². The number of carbonyl (C=O) groups is 1. The third-order valence-corrected chi connectivity index (χ3v) is 17.5. The number of fused-ring (bicyclic) bond motifs is 1. The smallest absolute Gasteiger partial charge is 0.335 e. The van der Waals surface area contributed by atoms with Gasteiger partial charge in [0.05, 0.1) is 19.8 Å². The highest BCUT2D eigenvalue weighted by molar-refractivity contribution is 6.83. The standard InChI is InChI=1S/C23H44N4O7Si2/c1-14(2)35(15(3)4)31-12-18-19(33-36(34-35,16(5)6)17(7)8)20(30-11-10-29-9)23(32-18)27-13-25-22(26-27)21(24)28/h13-20,23H,10-12H2,1-9H3,(H2,24,28)/t18-,19?,20+,23-/m1/s1. The van der Waals surface area contributed by atoms with Crippen LogP contribution in [0.3, 0.4) is 0 Å². The monoisotopic (exact) mass is 544 g/mol. The molecule has 2 saturated heterocycles. The van der Waals surface area contributed by atoms with Gasteiger partial charge in [0, 0.05) is 7.11 Å². The molecule has 13 heteroatoms. The van der Waals surface area contributed by atoms with Crippen molar-refractivity contribution in [2.45, 2.75) is 102 Å². The summed E-state index contributed by atoms with van der Waals surface area (Å²) in [5, 5.41) is 4.25. The van der Waals surface area contributed by atoms with Crippen molar-refractivity contribution < 1.29 is 32.0 Å². The third-order valence-electron chi connectivity index (χ3n) is 7.20. The van der Waals surface area contributed by atoms with Gasteiger partial charge in [0.1, 0.15) is 24.6 Å². The van der Waals surface area contributed by atoms with Crippen molar-refractivity contribution in [3.63, 3.8) is 0 Å². The summed E-state index contributed by atoms with van der Waals surface area (Å²) < 4.78 is 40.7. The molecule has 36 heavy (non-hydrogen) atoms. The van der Waals surface area contributed by atoms with E-state index in [0.717, 1.165) is 0 Å². The number of methoxy groups -OCH3 is 1. The summed E-state index contributed by atoms with van der Waals surface area (Å²) in [6.45, 7) is 18.5. The van der Waals surface area contributed by atoms with Crippen LogP contribution in [0.4, 0.5) is 0 Å². The van der Waals surface area contributed by atoms with E-state index in [0.29, 0.717) is 19.8 Å². The first-order chi connectivity index (χ1) is 16.9. The molecular weight excluding hydrogens is 500 g/mol. The first-order valence-electron chi connectivity index (χ1n) is 12.9. The molecule has 3 rings (SSSR count). The largest absolute Gasteiger partial charge is 0.414 e. The van der Waals surface area contributed by atoms with Crippen molar-refractivity contribution in [2.75, 3.05) is 26.9 Å². The quantitative estimate of drug-likeness (QED) is 0.348. The van der Waals surface area contributed by atoms with Crippen molar-refractivity contribution in [3.05, 3.63) is 12.2 Å². The van der Waals surface area contributed by atoms with Crippen LogP contribution in [-0.4, -0.2) is 83.0 Å². The van der Waals surface area contributed by atoms with E-state index >= 15 is 0 Å². The number of nitrogens with two attached hydrogens (primary N) is 1. The highest BCUT2D eigenvalue weighted by Gasteiger charge is 2.62. The molecule has 0 saturated carbocycles. The molecule has 0 radical (unpaired) electrons. The zero-order chi connectivity index (χ0) is 26.8. The molecule has 3 heterocycles. The Labute approximate surface area is 216 Å².